The molecule has 0 radical (unpaired) electrons. The average molecular weight is 261 g/mol. The molecule has 1 heterocycles. The van der Waals surface area contributed by atoms with E-state index >= 15 is 0 Å². The van der Waals surface area contributed by atoms with Crippen LogP contribution in [0, 0.1) is 5.92 Å². The number of aromatic nitrogens is 1. The molecule has 1 aromatic heterocycles. The van der Waals surface area contributed by atoms with Gasteiger partial charge in [0.25, 0.3) is 0 Å². The topological polar surface area (TPSA) is 42.1 Å². The molecule has 0 aliphatic heterocycles. The fourth-order valence-electron chi connectivity index (χ4n) is 3.73. The number of pyridine rings is 1. The molecule has 2 atom stereocenters. The van der Waals surface area contributed by atoms with Gasteiger partial charge in [-0.3, -0.25) is 9.88 Å². The van der Waals surface area contributed by atoms with Crippen LogP contribution in [0.1, 0.15) is 44.6 Å². The summed E-state index contributed by atoms with van der Waals surface area (Å²) in [5.41, 5.74) is 7.66. The number of hydrogen-bond acceptors (Lipinski definition) is 3. The number of likely N-dealkylation sites (N-methyl/N-ethyl adjacent to an activating group) is 1. The van der Waals surface area contributed by atoms with Gasteiger partial charge in [-0.15, -0.1) is 0 Å². The third-order valence-corrected chi connectivity index (χ3v) is 4.92. The van der Waals surface area contributed by atoms with E-state index in [-0.39, 0.29) is 5.54 Å². The molecule has 2 N–H and O–H groups in total. The summed E-state index contributed by atoms with van der Waals surface area (Å²) in [6.07, 6.45) is 10.3. The highest BCUT2D eigenvalue weighted by Crippen LogP contribution is 2.39. The monoisotopic (exact) mass is 261 g/mol. The maximum atomic E-state index is 6.20. The fraction of sp³-hybridized carbons (Fsp3) is 0.688. The Morgan fingerprint density at radius 2 is 2.32 bits per heavy atom. The van der Waals surface area contributed by atoms with Gasteiger partial charge in [0, 0.05) is 31.0 Å². The number of hydrogen-bond donors (Lipinski definition) is 1. The second kappa shape index (κ2) is 6.49. The molecule has 0 spiro atoms. The summed E-state index contributed by atoms with van der Waals surface area (Å²) in [5.74, 6) is 0.730. The molecule has 0 saturated heterocycles. The fourth-order valence-corrected chi connectivity index (χ4v) is 3.73. The maximum Gasteiger partial charge on any atom is 0.0360 e. The highest BCUT2D eigenvalue weighted by molar-refractivity contribution is 5.10. The summed E-state index contributed by atoms with van der Waals surface area (Å²) < 4.78 is 0. The molecule has 3 heteroatoms. The van der Waals surface area contributed by atoms with Crippen molar-refractivity contribution >= 4 is 0 Å². The number of rotatable bonds is 5. The van der Waals surface area contributed by atoms with Crippen LogP contribution in [0.3, 0.4) is 0 Å². The first-order chi connectivity index (χ1) is 9.23. The molecule has 3 nitrogen and oxygen atoms in total. The lowest BCUT2D eigenvalue weighted by Gasteiger charge is -2.49. The third-order valence-electron chi connectivity index (χ3n) is 4.92. The summed E-state index contributed by atoms with van der Waals surface area (Å²) >= 11 is 0. The third kappa shape index (κ3) is 2.98. The lowest BCUT2D eigenvalue weighted by molar-refractivity contribution is 0.0177. The van der Waals surface area contributed by atoms with E-state index in [1.54, 1.807) is 0 Å². The first kappa shape index (κ1) is 14.5. The molecule has 1 aliphatic carbocycles. The Kier molecular flexibility index (Phi) is 4.94. The van der Waals surface area contributed by atoms with E-state index < -0.39 is 0 Å². The summed E-state index contributed by atoms with van der Waals surface area (Å²) in [6, 6.07) is 4.16. The summed E-state index contributed by atoms with van der Waals surface area (Å²) in [5, 5.41) is 0. The van der Waals surface area contributed by atoms with Gasteiger partial charge in [0.1, 0.15) is 0 Å². The quantitative estimate of drug-likeness (QED) is 0.886. The highest BCUT2D eigenvalue weighted by atomic mass is 15.2. The molecule has 0 aromatic carbocycles. The molecule has 2 unspecified atom stereocenters. The second-order valence-corrected chi connectivity index (χ2v) is 5.88. The molecular formula is C16H27N3. The van der Waals surface area contributed by atoms with Crippen LogP contribution in [-0.4, -0.2) is 29.0 Å². The van der Waals surface area contributed by atoms with Crippen molar-refractivity contribution in [2.45, 2.75) is 51.1 Å². The molecule has 0 amide bonds. The van der Waals surface area contributed by atoms with Crippen molar-refractivity contribution in [2.75, 3.05) is 13.6 Å². The van der Waals surface area contributed by atoms with E-state index in [9.17, 15) is 0 Å². The van der Waals surface area contributed by atoms with Gasteiger partial charge in [0.05, 0.1) is 0 Å². The van der Waals surface area contributed by atoms with Crippen LogP contribution in [0.5, 0.6) is 0 Å². The normalized spacial score (nSPS) is 27.7. The van der Waals surface area contributed by atoms with Crippen molar-refractivity contribution < 1.29 is 0 Å². The van der Waals surface area contributed by atoms with Gasteiger partial charge in [-0.25, -0.2) is 0 Å². The van der Waals surface area contributed by atoms with Crippen LogP contribution in [-0.2, 0) is 6.54 Å². The Labute approximate surface area is 117 Å². The van der Waals surface area contributed by atoms with Crippen molar-refractivity contribution in [3.8, 4) is 0 Å². The SMILES string of the molecule is CCC1CCCCC1(CN)N(C)Cc1cccnc1. The number of nitrogens with zero attached hydrogens (tertiary/aromatic N) is 2. The predicted octanol–water partition coefficient (Wildman–Crippen LogP) is 2.81. The molecule has 1 aliphatic rings. The Balaban J connectivity index is 2.15. The van der Waals surface area contributed by atoms with Gasteiger partial charge >= 0.3 is 0 Å². The molecule has 1 aromatic rings. The van der Waals surface area contributed by atoms with E-state index in [1.165, 1.54) is 37.7 Å². The Morgan fingerprint density at radius 3 is 2.95 bits per heavy atom. The maximum absolute atomic E-state index is 6.20. The van der Waals surface area contributed by atoms with Crippen molar-refractivity contribution in [3.63, 3.8) is 0 Å². The average Bonchev–Trinajstić information content (AvgIpc) is 2.47. The molecule has 2 rings (SSSR count). The molecular weight excluding hydrogens is 234 g/mol. The molecule has 1 fully saturated rings. The van der Waals surface area contributed by atoms with E-state index in [0.717, 1.165) is 19.0 Å². The van der Waals surface area contributed by atoms with E-state index in [4.69, 9.17) is 5.73 Å². The van der Waals surface area contributed by atoms with Crippen LogP contribution in [0.15, 0.2) is 24.5 Å². The zero-order valence-electron chi connectivity index (χ0n) is 12.3. The molecule has 0 bridgehead atoms. The van der Waals surface area contributed by atoms with Crippen LogP contribution in [0.4, 0.5) is 0 Å². The van der Waals surface area contributed by atoms with Crippen molar-refractivity contribution in [1.82, 2.24) is 9.88 Å². The van der Waals surface area contributed by atoms with Crippen LogP contribution < -0.4 is 5.73 Å². The standard InChI is InChI=1S/C16H27N3/c1-3-15-8-4-5-9-16(15,13-17)19(2)12-14-7-6-10-18-11-14/h6-7,10-11,15H,3-5,8-9,12-13,17H2,1-2H3. The van der Waals surface area contributed by atoms with E-state index in [2.05, 4.69) is 29.9 Å². The van der Waals surface area contributed by atoms with Gasteiger partial charge in [-0.2, -0.15) is 0 Å². The zero-order chi connectivity index (χ0) is 13.7. The van der Waals surface area contributed by atoms with E-state index in [1.807, 2.05) is 18.5 Å². The minimum absolute atomic E-state index is 0.183. The first-order valence-electron chi connectivity index (χ1n) is 7.53. The highest BCUT2D eigenvalue weighted by Gasteiger charge is 2.41. The largest absolute Gasteiger partial charge is 0.329 e. The summed E-state index contributed by atoms with van der Waals surface area (Å²) in [4.78, 5) is 6.70. The van der Waals surface area contributed by atoms with Crippen LogP contribution in [0.2, 0.25) is 0 Å². The lowest BCUT2D eigenvalue weighted by atomic mass is 9.70. The van der Waals surface area contributed by atoms with Gasteiger partial charge in [0.15, 0.2) is 0 Å². The first-order valence-corrected chi connectivity index (χ1v) is 7.53. The summed E-state index contributed by atoms with van der Waals surface area (Å²) in [7, 11) is 2.23. The van der Waals surface area contributed by atoms with Gasteiger partial charge in [-0.05, 0) is 37.4 Å². The predicted molar refractivity (Wildman–Crippen MR) is 79.7 cm³/mol. The minimum Gasteiger partial charge on any atom is -0.329 e. The second-order valence-electron chi connectivity index (χ2n) is 5.88. The number of nitrogens with two attached hydrogens (primary N) is 1. The van der Waals surface area contributed by atoms with E-state index in [0.29, 0.717) is 0 Å². The smallest absolute Gasteiger partial charge is 0.0360 e. The molecule has 1 saturated carbocycles. The van der Waals surface area contributed by atoms with Gasteiger partial charge in [0.2, 0.25) is 0 Å². The Bertz CT molecular complexity index is 379. The Morgan fingerprint density at radius 1 is 1.47 bits per heavy atom. The van der Waals surface area contributed by atoms with Crippen molar-refractivity contribution in [1.29, 1.82) is 0 Å². The van der Waals surface area contributed by atoms with Crippen molar-refractivity contribution in [2.24, 2.45) is 11.7 Å². The lowest BCUT2D eigenvalue weighted by Crippen LogP contribution is -2.58. The molecule has 106 valence electrons. The minimum atomic E-state index is 0.183. The zero-order valence-corrected chi connectivity index (χ0v) is 12.3. The van der Waals surface area contributed by atoms with Gasteiger partial charge in [-0.1, -0.05) is 32.3 Å². The summed E-state index contributed by atoms with van der Waals surface area (Å²) in [6.45, 7) is 4.02. The Hall–Kier alpha value is -0.930. The van der Waals surface area contributed by atoms with Crippen molar-refractivity contribution in [3.05, 3.63) is 30.1 Å². The van der Waals surface area contributed by atoms with Crippen LogP contribution >= 0.6 is 0 Å². The molecule has 19 heavy (non-hydrogen) atoms. The van der Waals surface area contributed by atoms with Gasteiger partial charge < -0.3 is 5.73 Å². The van der Waals surface area contributed by atoms with Crippen LogP contribution in [0.25, 0.3) is 0 Å².